The summed E-state index contributed by atoms with van der Waals surface area (Å²) in [5.74, 6) is -0.139. The zero-order chi connectivity index (χ0) is 15.2. The number of hydrogen-bond acceptors (Lipinski definition) is 3. The van der Waals surface area contributed by atoms with Crippen LogP contribution in [0.3, 0.4) is 0 Å². The van der Waals surface area contributed by atoms with Crippen molar-refractivity contribution in [2.24, 2.45) is 0 Å². The second-order valence-corrected chi connectivity index (χ2v) is 5.68. The van der Waals surface area contributed by atoms with E-state index in [1.54, 1.807) is 42.3 Å². The molecule has 4 nitrogen and oxygen atoms in total. The van der Waals surface area contributed by atoms with Crippen LogP contribution in [0.25, 0.3) is 0 Å². The summed E-state index contributed by atoms with van der Waals surface area (Å²) in [7, 11) is 1.79. The Kier molecular flexibility index (Phi) is 5.11. The fourth-order valence-electron chi connectivity index (χ4n) is 1.95. The fourth-order valence-corrected chi connectivity index (χ4v) is 2.57. The average Bonchev–Trinajstić information content (AvgIpc) is 3.02. The summed E-state index contributed by atoms with van der Waals surface area (Å²) < 4.78 is 0. The molecule has 21 heavy (non-hydrogen) atoms. The second kappa shape index (κ2) is 7.04. The Labute approximate surface area is 128 Å². The third-order valence-electron chi connectivity index (χ3n) is 3.04. The minimum absolute atomic E-state index is 0.00650. The number of amides is 2. The number of carbonyl (C=O) groups excluding carboxylic acids is 2. The number of hydrogen-bond donors (Lipinski definition) is 1. The van der Waals surface area contributed by atoms with Gasteiger partial charge in [0.25, 0.3) is 11.8 Å². The number of carbonyl (C=O) groups is 2. The van der Waals surface area contributed by atoms with Crippen molar-refractivity contribution >= 4 is 28.8 Å². The monoisotopic (exact) mass is 302 g/mol. The van der Waals surface area contributed by atoms with Gasteiger partial charge in [0.2, 0.25) is 0 Å². The van der Waals surface area contributed by atoms with Crippen molar-refractivity contribution in [1.29, 1.82) is 0 Å². The van der Waals surface area contributed by atoms with Gasteiger partial charge in [0.15, 0.2) is 0 Å². The van der Waals surface area contributed by atoms with E-state index in [1.165, 1.54) is 11.3 Å². The molecule has 0 aliphatic carbocycles. The minimum Gasteiger partial charge on any atom is -0.342 e. The molecule has 0 spiro atoms. The van der Waals surface area contributed by atoms with Crippen LogP contribution in [0.5, 0.6) is 0 Å². The lowest BCUT2D eigenvalue weighted by Gasteiger charge is -2.16. The summed E-state index contributed by atoms with van der Waals surface area (Å²) in [6.07, 6.45) is 0.928. The Balaban J connectivity index is 2.02. The molecule has 0 saturated heterocycles. The summed E-state index contributed by atoms with van der Waals surface area (Å²) >= 11 is 1.39. The molecule has 1 aromatic carbocycles. The van der Waals surface area contributed by atoms with E-state index in [1.807, 2.05) is 18.4 Å². The Morgan fingerprint density at radius 3 is 2.48 bits per heavy atom. The van der Waals surface area contributed by atoms with Crippen LogP contribution in [-0.2, 0) is 0 Å². The molecule has 0 bridgehead atoms. The molecule has 0 saturated carbocycles. The van der Waals surface area contributed by atoms with Crippen LogP contribution in [0.15, 0.2) is 41.8 Å². The number of thiophene rings is 1. The number of nitrogens with one attached hydrogen (secondary N) is 1. The lowest BCUT2D eigenvalue weighted by molar-refractivity contribution is 0.0795. The molecule has 2 amide bonds. The molecule has 2 rings (SSSR count). The van der Waals surface area contributed by atoms with E-state index < -0.39 is 0 Å². The first-order chi connectivity index (χ1) is 10.1. The highest BCUT2D eigenvalue weighted by atomic mass is 32.1. The van der Waals surface area contributed by atoms with Gasteiger partial charge in [0.1, 0.15) is 0 Å². The molecular formula is C16H18N2O2S. The first-order valence-corrected chi connectivity index (χ1v) is 7.70. The molecule has 0 aliphatic heterocycles. The summed E-state index contributed by atoms with van der Waals surface area (Å²) in [6, 6.07) is 10.6. The molecule has 2 aromatic rings. The smallest absolute Gasteiger partial charge is 0.265 e. The van der Waals surface area contributed by atoms with Crippen molar-refractivity contribution in [3.05, 3.63) is 52.2 Å². The topological polar surface area (TPSA) is 49.4 Å². The van der Waals surface area contributed by atoms with Crippen LogP contribution < -0.4 is 5.32 Å². The van der Waals surface area contributed by atoms with Crippen LogP contribution in [-0.4, -0.2) is 30.3 Å². The average molecular weight is 302 g/mol. The molecule has 0 radical (unpaired) electrons. The summed E-state index contributed by atoms with van der Waals surface area (Å²) in [5, 5.41) is 4.67. The van der Waals surface area contributed by atoms with Crippen LogP contribution in [0.2, 0.25) is 0 Å². The maximum absolute atomic E-state index is 12.1. The zero-order valence-corrected chi connectivity index (χ0v) is 12.9. The summed E-state index contributed by atoms with van der Waals surface area (Å²) in [6.45, 7) is 2.77. The van der Waals surface area contributed by atoms with Gasteiger partial charge in [-0.1, -0.05) is 13.0 Å². The van der Waals surface area contributed by atoms with Crippen LogP contribution >= 0.6 is 11.3 Å². The third kappa shape index (κ3) is 3.92. The van der Waals surface area contributed by atoms with Crippen molar-refractivity contribution in [2.45, 2.75) is 13.3 Å². The van der Waals surface area contributed by atoms with E-state index in [9.17, 15) is 9.59 Å². The van der Waals surface area contributed by atoms with Gasteiger partial charge < -0.3 is 10.2 Å². The van der Waals surface area contributed by atoms with E-state index in [0.717, 1.165) is 13.0 Å². The van der Waals surface area contributed by atoms with Gasteiger partial charge in [-0.3, -0.25) is 9.59 Å². The van der Waals surface area contributed by atoms with Gasteiger partial charge in [0.05, 0.1) is 4.88 Å². The molecule has 0 fully saturated rings. The van der Waals surface area contributed by atoms with Crippen molar-refractivity contribution in [3.63, 3.8) is 0 Å². The standard InChI is InChI=1S/C16H18N2O2S/c1-3-10-18(2)16(20)12-6-8-13(9-7-12)17-15(19)14-5-4-11-21-14/h4-9,11H,3,10H2,1-2H3,(H,17,19). The largest absolute Gasteiger partial charge is 0.342 e. The Morgan fingerprint density at radius 2 is 1.90 bits per heavy atom. The number of nitrogens with zero attached hydrogens (tertiary/aromatic N) is 1. The first kappa shape index (κ1) is 15.3. The quantitative estimate of drug-likeness (QED) is 0.919. The fraction of sp³-hybridized carbons (Fsp3) is 0.250. The molecule has 1 N–H and O–H groups in total. The third-order valence-corrected chi connectivity index (χ3v) is 3.91. The molecule has 0 aliphatic rings. The zero-order valence-electron chi connectivity index (χ0n) is 12.1. The van der Waals surface area contributed by atoms with Crippen molar-refractivity contribution in [3.8, 4) is 0 Å². The lowest BCUT2D eigenvalue weighted by atomic mass is 10.2. The Morgan fingerprint density at radius 1 is 1.19 bits per heavy atom. The van der Waals surface area contributed by atoms with E-state index in [4.69, 9.17) is 0 Å². The van der Waals surface area contributed by atoms with Crippen LogP contribution in [0.4, 0.5) is 5.69 Å². The van der Waals surface area contributed by atoms with Gasteiger partial charge in [-0.05, 0) is 42.1 Å². The summed E-state index contributed by atoms with van der Waals surface area (Å²) in [4.78, 5) is 26.4. The van der Waals surface area contributed by atoms with Gasteiger partial charge in [-0.2, -0.15) is 0 Å². The normalized spacial score (nSPS) is 10.2. The number of anilines is 1. The molecule has 110 valence electrons. The predicted octanol–water partition coefficient (Wildman–Crippen LogP) is 3.48. The van der Waals surface area contributed by atoms with Crippen LogP contribution in [0.1, 0.15) is 33.4 Å². The maximum atomic E-state index is 12.1. The highest BCUT2D eigenvalue weighted by molar-refractivity contribution is 7.12. The highest BCUT2D eigenvalue weighted by Gasteiger charge is 2.11. The van der Waals surface area contributed by atoms with Crippen molar-refractivity contribution < 1.29 is 9.59 Å². The SMILES string of the molecule is CCCN(C)C(=O)c1ccc(NC(=O)c2cccs2)cc1. The molecule has 1 aromatic heterocycles. The number of benzene rings is 1. The second-order valence-electron chi connectivity index (χ2n) is 4.74. The van der Waals surface area contributed by atoms with E-state index >= 15 is 0 Å². The number of rotatable bonds is 5. The van der Waals surface area contributed by atoms with Gasteiger partial charge >= 0.3 is 0 Å². The lowest BCUT2D eigenvalue weighted by Crippen LogP contribution is -2.27. The minimum atomic E-state index is -0.132. The molecule has 0 unspecified atom stereocenters. The van der Waals surface area contributed by atoms with Gasteiger partial charge in [-0.15, -0.1) is 11.3 Å². The van der Waals surface area contributed by atoms with E-state index in [0.29, 0.717) is 16.1 Å². The molecular weight excluding hydrogens is 284 g/mol. The van der Waals surface area contributed by atoms with Gasteiger partial charge in [-0.25, -0.2) is 0 Å². The Hall–Kier alpha value is -2.14. The van der Waals surface area contributed by atoms with E-state index in [2.05, 4.69) is 5.32 Å². The van der Waals surface area contributed by atoms with Crippen LogP contribution in [0, 0.1) is 0 Å². The summed E-state index contributed by atoms with van der Waals surface area (Å²) in [5.41, 5.74) is 1.31. The molecule has 0 atom stereocenters. The van der Waals surface area contributed by atoms with Gasteiger partial charge in [0, 0.05) is 24.8 Å². The first-order valence-electron chi connectivity index (χ1n) is 6.82. The highest BCUT2D eigenvalue weighted by Crippen LogP contribution is 2.15. The van der Waals surface area contributed by atoms with Crippen molar-refractivity contribution in [2.75, 3.05) is 18.9 Å². The van der Waals surface area contributed by atoms with Crippen molar-refractivity contribution in [1.82, 2.24) is 4.90 Å². The Bertz CT molecular complexity index is 606. The molecule has 1 heterocycles. The maximum Gasteiger partial charge on any atom is 0.265 e. The predicted molar refractivity (Wildman–Crippen MR) is 86.0 cm³/mol. The molecule has 5 heteroatoms. The van der Waals surface area contributed by atoms with E-state index in [-0.39, 0.29) is 11.8 Å².